The number of amides is 1. The van der Waals surface area contributed by atoms with Crippen LogP contribution in [0.3, 0.4) is 0 Å². The predicted molar refractivity (Wildman–Crippen MR) is 123 cm³/mol. The maximum absolute atomic E-state index is 12.6. The van der Waals surface area contributed by atoms with E-state index in [0.717, 1.165) is 29.7 Å². The minimum absolute atomic E-state index is 0.0371. The molecule has 32 heavy (non-hydrogen) atoms. The molecule has 3 aromatic rings. The van der Waals surface area contributed by atoms with Gasteiger partial charge in [0, 0.05) is 37.6 Å². The predicted octanol–water partition coefficient (Wildman–Crippen LogP) is 3.47. The first-order valence-electron chi connectivity index (χ1n) is 10.9. The minimum Gasteiger partial charge on any atom is -0.350 e. The van der Waals surface area contributed by atoms with Gasteiger partial charge in [-0.2, -0.15) is 4.31 Å². The fourth-order valence-corrected chi connectivity index (χ4v) is 5.42. The van der Waals surface area contributed by atoms with Crippen molar-refractivity contribution in [3.63, 3.8) is 0 Å². The lowest BCUT2D eigenvalue weighted by Crippen LogP contribution is -2.28. The Balaban J connectivity index is 1.29. The van der Waals surface area contributed by atoms with Gasteiger partial charge in [0.15, 0.2) is 0 Å². The summed E-state index contributed by atoms with van der Waals surface area (Å²) in [5.74, 6) is -0.0371. The molecule has 0 aliphatic carbocycles. The van der Waals surface area contributed by atoms with Crippen molar-refractivity contribution < 1.29 is 13.2 Å². The molecule has 1 aliphatic rings. The highest BCUT2D eigenvalue weighted by Crippen LogP contribution is 2.21. The number of hydrogen-bond acceptors (Lipinski definition) is 4. The fourth-order valence-electron chi connectivity index (χ4n) is 3.91. The highest BCUT2D eigenvalue weighted by molar-refractivity contribution is 7.89. The zero-order chi connectivity index (χ0) is 22.6. The standard InChI is InChI=1S/C24H28N4O3S/c1-19(21-7-9-22(10-8-21)27-17-14-25-18-27)26-24(29)13-6-20-4-11-23(12-5-20)32(30,31)28-15-2-3-16-28/h4-5,7-12,14,17-19H,2-3,6,13,15-16H2,1H3,(H,26,29). The van der Waals surface area contributed by atoms with E-state index in [-0.39, 0.29) is 11.9 Å². The lowest BCUT2D eigenvalue weighted by Gasteiger charge is -2.16. The van der Waals surface area contributed by atoms with Crippen molar-refractivity contribution in [2.75, 3.05) is 13.1 Å². The lowest BCUT2D eigenvalue weighted by atomic mass is 10.1. The first-order valence-corrected chi connectivity index (χ1v) is 12.3. The van der Waals surface area contributed by atoms with Crippen molar-refractivity contribution >= 4 is 15.9 Å². The van der Waals surface area contributed by atoms with Crippen LogP contribution in [0, 0.1) is 0 Å². The third-order valence-corrected chi connectivity index (χ3v) is 7.75. The first kappa shape index (κ1) is 22.2. The quantitative estimate of drug-likeness (QED) is 0.567. The van der Waals surface area contributed by atoms with Gasteiger partial charge in [-0.25, -0.2) is 13.4 Å². The van der Waals surface area contributed by atoms with Crippen LogP contribution < -0.4 is 5.32 Å². The van der Waals surface area contributed by atoms with Crippen LogP contribution in [-0.2, 0) is 21.2 Å². The summed E-state index contributed by atoms with van der Waals surface area (Å²) in [7, 11) is -3.40. The van der Waals surface area contributed by atoms with Crippen molar-refractivity contribution in [3.05, 3.63) is 78.4 Å². The zero-order valence-electron chi connectivity index (χ0n) is 18.1. The van der Waals surface area contributed by atoms with Gasteiger partial charge in [-0.15, -0.1) is 0 Å². The van der Waals surface area contributed by atoms with Crippen molar-refractivity contribution in [3.8, 4) is 5.69 Å². The molecule has 4 rings (SSSR count). The summed E-state index contributed by atoms with van der Waals surface area (Å²) in [6.07, 6.45) is 8.09. The molecule has 168 valence electrons. The summed E-state index contributed by atoms with van der Waals surface area (Å²) >= 11 is 0. The largest absolute Gasteiger partial charge is 0.350 e. The van der Waals surface area contributed by atoms with Crippen LogP contribution in [0.2, 0.25) is 0 Å². The van der Waals surface area contributed by atoms with Crippen LogP contribution in [0.1, 0.15) is 43.4 Å². The van der Waals surface area contributed by atoms with E-state index in [1.54, 1.807) is 41.1 Å². The maximum atomic E-state index is 12.6. The van der Waals surface area contributed by atoms with Gasteiger partial charge in [-0.05, 0) is 61.6 Å². The first-order chi connectivity index (χ1) is 15.4. The molecule has 1 aliphatic heterocycles. The van der Waals surface area contributed by atoms with Crippen LogP contribution in [0.5, 0.6) is 0 Å². The highest BCUT2D eigenvalue weighted by Gasteiger charge is 2.26. The summed E-state index contributed by atoms with van der Waals surface area (Å²) in [4.78, 5) is 16.8. The lowest BCUT2D eigenvalue weighted by molar-refractivity contribution is -0.121. The summed E-state index contributed by atoms with van der Waals surface area (Å²) < 4.78 is 28.7. The number of carbonyl (C=O) groups excluding carboxylic acids is 1. The van der Waals surface area contributed by atoms with E-state index < -0.39 is 10.0 Å². The SMILES string of the molecule is CC(NC(=O)CCc1ccc(S(=O)(=O)N2CCCC2)cc1)c1ccc(-n2ccnc2)cc1. The Kier molecular flexibility index (Phi) is 6.72. The second-order valence-corrected chi connectivity index (χ2v) is 10.0. The summed E-state index contributed by atoms with van der Waals surface area (Å²) in [6, 6.07) is 14.8. The average molecular weight is 453 g/mol. The van der Waals surface area contributed by atoms with E-state index >= 15 is 0 Å². The third kappa shape index (κ3) is 5.08. The molecule has 1 fully saturated rings. The molecule has 1 atom stereocenters. The summed E-state index contributed by atoms with van der Waals surface area (Å²) in [5.41, 5.74) is 2.98. The van der Waals surface area contributed by atoms with Crippen LogP contribution in [0.15, 0.2) is 72.1 Å². The van der Waals surface area contributed by atoms with Crippen molar-refractivity contribution in [2.45, 2.75) is 43.5 Å². The van der Waals surface area contributed by atoms with Gasteiger partial charge in [0.1, 0.15) is 0 Å². The van der Waals surface area contributed by atoms with Gasteiger partial charge in [0.2, 0.25) is 15.9 Å². The molecule has 0 saturated carbocycles. The number of hydrogen-bond donors (Lipinski definition) is 1. The van der Waals surface area contributed by atoms with Crippen molar-refractivity contribution in [1.29, 1.82) is 0 Å². The van der Waals surface area contributed by atoms with Gasteiger partial charge in [-0.1, -0.05) is 24.3 Å². The summed E-state index contributed by atoms with van der Waals surface area (Å²) in [6.45, 7) is 3.14. The van der Waals surface area contributed by atoms with E-state index in [1.807, 2.05) is 42.0 Å². The van der Waals surface area contributed by atoms with Crippen LogP contribution >= 0.6 is 0 Å². The average Bonchev–Trinajstić information content (AvgIpc) is 3.53. The Bertz CT molecular complexity index is 1130. The molecule has 0 spiro atoms. The second-order valence-electron chi connectivity index (χ2n) is 8.11. The van der Waals surface area contributed by atoms with E-state index in [2.05, 4.69) is 10.3 Å². The Hall–Kier alpha value is -2.97. The molecule has 1 aromatic heterocycles. The Morgan fingerprint density at radius 1 is 1.06 bits per heavy atom. The van der Waals surface area contributed by atoms with Gasteiger partial charge in [-0.3, -0.25) is 4.79 Å². The zero-order valence-corrected chi connectivity index (χ0v) is 19.0. The number of aryl methyl sites for hydroxylation is 1. The molecule has 1 N–H and O–H groups in total. The van der Waals surface area contributed by atoms with Crippen molar-refractivity contribution in [2.24, 2.45) is 0 Å². The van der Waals surface area contributed by atoms with Crippen molar-refractivity contribution in [1.82, 2.24) is 19.2 Å². The monoisotopic (exact) mass is 452 g/mol. The summed E-state index contributed by atoms with van der Waals surface area (Å²) in [5, 5.41) is 3.03. The molecular formula is C24H28N4O3S. The molecule has 2 aromatic carbocycles. The Morgan fingerprint density at radius 2 is 1.75 bits per heavy atom. The molecule has 0 bridgehead atoms. The molecule has 0 radical (unpaired) electrons. The number of carbonyl (C=O) groups is 1. The molecule has 1 saturated heterocycles. The maximum Gasteiger partial charge on any atom is 0.243 e. The van der Waals surface area contributed by atoms with Gasteiger partial charge < -0.3 is 9.88 Å². The van der Waals surface area contributed by atoms with Crippen LogP contribution in [-0.4, -0.2) is 41.3 Å². The highest BCUT2D eigenvalue weighted by atomic mass is 32.2. The number of rotatable bonds is 8. The van der Waals surface area contributed by atoms with E-state index in [4.69, 9.17) is 0 Å². The normalized spacial score (nSPS) is 15.5. The molecule has 7 nitrogen and oxygen atoms in total. The number of benzene rings is 2. The number of aromatic nitrogens is 2. The van der Waals surface area contributed by atoms with Crippen LogP contribution in [0.4, 0.5) is 0 Å². The van der Waals surface area contributed by atoms with E-state index in [0.29, 0.717) is 30.8 Å². The second kappa shape index (κ2) is 9.67. The Labute approximate surface area is 189 Å². The number of nitrogens with zero attached hydrogens (tertiary/aromatic N) is 3. The third-order valence-electron chi connectivity index (χ3n) is 5.84. The molecule has 8 heteroatoms. The van der Waals surface area contributed by atoms with Gasteiger partial charge in [0.05, 0.1) is 17.3 Å². The van der Waals surface area contributed by atoms with E-state index in [9.17, 15) is 13.2 Å². The molecule has 1 amide bonds. The Morgan fingerprint density at radius 3 is 2.38 bits per heavy atom. The number of sulfonamides is 1. The topological polar surface area (TPSA) is 84.3 Å². The molecule has 1 unspecified atom stereocenters. The van der Waals surface area contributed by atoms with Gasteiger partial charge in [0.25, 0.3) is 0 Å². The van der Waals surface area contributed by atoms with Gasteiger partial charge >= 0.3 is 0 Å². The molecule has 2 heterocycles. The molecular weight excluding hydrogens is 424 g/mol. The minimum atomic E-state index is -3.40. The fraction of sp³-hybridized carbons (Fsp3) is 0.333. The van der Waals surface area contributed by atoms with Crippen LogP contribution in [0.25, 0.3) is 5.69 Å². The number of imidazole rings is 1. The number of nitrogens with one attached hydrogen (secondary N) is 1. The smallest absolute Gasteiger partial charge is 0.243 e. The van der Waals surface area contributed by atoms with E-state index in [1.165, 1.54) is 0 Å².